The first kappa shape index (κ1) is 21.0. The lowest BCUT2D eigenvalue weighted by Crippen LogP contribution is -2.40. The van der Waals surface area contributed by atoms with E-state index in [9.17, 15) is 21.6 Å². The fourth-order valence-corrected chi connectivity index (χ4v) is 2.53. The first-order valence-corrected chi connectivity index (χ1v) is 8.66. The van der Waals surface area contributed by atoms with E-state index < -0.39 is 20.2 Å². The summed E-state index contributed by atoms with van der Waals surface area (Å²) < 4.78 is 69.9. The molecule has 1 atom stereocenters. The van der Waals surface area contributed by atoms with E-state index in [1.54, 1.807) is 7.11 Å². The van der Waals surface area contributed by atoms with Crippen LogP contribution in [-0.4, -0.2) is 52.8 Å². The molecule has 0 radical (unpaired) electrons. The number of guanidine groups is 1. The van der Waals surface area contributed by atoms with Crippen LogP contribution in [0.3, 0.4) is 0 Å². The second kappa shape index (κ2) is 8.90. The number of halogens is 3. The van der Waals surface area contributed by atoms with Gasteiger partial charge >= 0.3 is 5.51 Å². The van der Waals surface area contributed by atoms with Gasteiger partial charge in [0.2, 0.25) is 0 Å². The van der Waals surface area contributed by atoms with E-state index >= 15 is 0 Å². The van der Waals surface area contributed by atoms with Crippen LogP contribution in [0.15, 0.2) is 34.2 Å². The van der Waals surface area contributed by atoms with Crippen LogP contribution in [0.4, 0.5) is 13.2 Å². The number of hydrogen-bond donors (Lipinski definition) is 2. The molecule has 0 aliphatic carbocycles. The summed E-state index contributed by atoms with van der Waals surface area (Å²) in [6.07, 6.45) is 0. The van der Waals surface area contributed by atoms with Crippen LogP contribution in [0.5, 0.6) is 5.75 Å². The topological polar surface area (TPSA) is 103 Å². The van der Waals surface area contributed by atoms with Gasteiger partial charge in [-0.1, -0.05) is 0 Å². The zero-order valence-corrected chi connectivity index (χ0v) is 14.5. The van der Waals surface area contributed by atoms with Gasteiger partial charge in [0.1, 0.15) is 12.4 Å². The number of sulfone groups is 1. The van der Waals surface area contributed by atoms with Crippen LogP contribution in [0, 0.1) is 0 Å². The van der Waals surface area contributed by atoms with Crippen molar-refractivity contribution >= 4 is 15.8 Å². The van der Waals surface area contributed by atoms with Crippen LogP contribution in [-0.2, 0) is 14.6 Å². The van der Waals surface area contributed by atoms with E-state index in [1.165, 1.54) is 0 Å². The highest BCUT2D eigenvalue weighted by Crippen LogP contribution is 2.30. The average Bonchev–Trinajstić information content (AvgIpc) is 2.51. The fourth-order valence-electron chi connectivity index (χ4n) is 1.77. The quantitative estimate of drug-likeness (QED) is 0.398. The van der Waals surface area contributed by atoms with Crippen LogP contribution < -0.4 is 15.8 Å². The Hall–Kier alpha value is -2.01. The first-order valence-electron chi connectivity index (χ1n) is 7.17. The predicted octanol–water partition coefficient (Wildman–Crippen LogP) is 1.30. The summed E-state index contributed by atoms with van der Waals surface area (Å²) in [5.74, 6) is 0.426. The SMILES string of the molecule is COCC(C)NC(N)=NCCOc1ccc(S(=O)(=O)C(F)(F)F)cc1. The van der Waals surface area contributed by atoms with Crippen LogP contribution in [0.2, 0.25) is 0 Å². The van der Waals surface area contributed by atoms with Gasteiger partial charge in [0.25, 0.3) is 9.84 Å². The summed E-state index contributed by atoms with van der Waals surface area (Å²) in [6, 6.07) is 3.95. The van der Waals surface area contributed by atoms with Crippen LogP contribution >= 0.6 is 0 Å². The minimum absolute atomic E-state index is 0.0159. The molecule has 142 valence electrons. The Kier molecular flexibility index (Phi) is 7.49. The van der Waals surface area contributed by atoms with Crippen LogP contribution in [0.25, 0.3) is 0 Å². The molecule has 0 aromatic heterocycles. The molecular weight excluding hydrogens is 363 g/mol. The third kappa shape index (κ3) is 6.42. The van der Waals surface area contributed by atoms with E-state index in [2.05, 4.69) is 10.3 Å². The van der Waals surface area contributed by atoms with E-state index in [1.807, 2.05) is 6.92 Å². The smallest absolute Gasteiger partial charge is 0.492 e. The Labute approximate surface area is 143 Å². The number of benzene rings is 1. The van der Waals surface area contributed by atoms with E-state index in [4.69, 9.17) is 15.2 Å². The van der Waals surface area contributed by atoms with Crippen LogP contribution in [0.1, 0.15) is 6.92 Å². The number of nitrogens with two attached hydrogens (primary N) is 1. The third-order valence-electron chi connectivity index (χ3n) is 2.89. The molecule has 25 heavy (non-hydrogen) atoms. The Balaban J connectivity index is 2.52. The Morgan fingerprint density at radius 2 is 1.92 bits per heavy atom. The molecule has 0 fully saturated rings. The van der Waals surface area contributed by atoms with Gasteiger partial charge in [-0.3, -0.25) is 0 Å². The molecule has 0 heterocycles. The zero-order chi connectivity index (χ0) is 19.1. The number of alkyl halides is 3. The van der Waals surface area contributed by atoms with Gasteiger partial charge in [0.15, 0.2) is 5.96 Å². The van der Waals surface area contributed by atoms with Gasteiger partial charge in [0, 0.05) is 13.2 Å². The zero-order valence-electron chi connectivity index (χ0n) is 13.7. The molecule has 1 aromatic carbocycles. The van der Waals surface area contributed by atoms with E-state index in [0.717, 1.165) is 24.3 Å². The number of methoxy groups -OCH3 is 1. The van der Waals surface area contributed by atoms with Crippen molar-refractivity contribution in [3.05, 3.63) is 24.3 Å². The molecule has 0 spiro atoms. The van der Waals surface area contributed by atoms with Gasteiger partial charge in [-0.05, 0) is 31.2 Å². The highest BCUT2D eigenvalue weighted by molar-refractivity contribution is 7.92. The maximum atomic E-state index is 12.4. The van der Waals surface area contributed by atoms with E-state index in [-0.39, 0.29) is 30.9 Å². The lowest BCUT2D eigenvalue weighted by Gasteiger charge is -2.13. The molecule has 1 aromatic rings. The molecule has 7 nitrogen and oxygen atoms in total. The van der Waals surface area contributed by atoms with Gasteiger partial charge in [-0.15, -0.1) is 0 Å². The lowest BCUT2D eigenvalue weighted by molar-refractivity contribution is -0.0436. The Bertz CT molecular complexity index is 676. The van der Waals surface area contributed by atoms with Gasteiger partial charge in [-0.25, -0.2) is 13.4 Å². The number of nitrogens with one attached hydrogen (secondary N) is 1. The van der Waals surface area contributed by atoms with Crippen molar-refractivity contribution in [1.29, 1.82) is 0 Å². The first-order chi connectivity index (χ1) is 11.6. The van der Waals surface area contributed by atoms with Crippen molar-refractivity contribution in [3.63, 3.8) is 0 Å². The number of hydrogen-bond acceptors (Lipinski definition) is 5. The predicted molar refractivity (Wildman–Crippen MR) is 86.1 cm³/mol. The number of nitrogens with zero attached hydrogens (tertiary/aromatic N) is 1. The van der Waals surface area contributed by atoms with Crippen molar-refractivity contribution in [3.8, 4) is 5.75 Å². The minimum atomic E-state index is -5.36. The Morgan fingerprint density at radius 1 is 1.32 bits per heavy atom. The summed E-state index contributed by atoms with van der Waals surface area (Å²) in [7, 11) is -3.80. The second-order valence-electron chi connectivity index (χ2n) is 5.04. The normalized spacial score (nSPS) is 14.2. The minimum Gasteiger partial charge on any atom is -0.492 e. The monoisotopic (exact) mass is 383 g/mol. The molecule has 1 rings (SSSR count). The molecular formula is C14H20F3N3O4S. The number of ether oxygens (including phenoxy) is 2. The van der Waals surface area contributed by atoms with Gasteiger partial charge in [-0.2, -0.15) is 13.2 Å². The fraction of sp³-hybridized carbons (Fsp3) is 0.500. The summed E-state index contributed by atoms with van der Waals surface area (Å²) in [5.41, 5.74) is 0.309. The third-order valence-corrected chi connectivity index (χ3v) is 4.39. The Morgan fingerprint density at radius 3 is 2.44 bits per heavy atom. The van der Waals surface area contributed by atoms with E-state index in [0.29, 0.717) is 6.61 Å². The molecule has 0 bridgehead atoms. The maximum Gasteiger partial charge on any atom is 0.501 e. The summed E-state index contributed by atoms with van der Waals surface area (Å²) in [4.78, 5) is 3.17. The van der Waals surface area contributed by atoms with Gasteiger partial charge in [0.05, 0.1) is 18.0 Å². The van der Waals surface area contributed by atoms with Gasteiger partial charge < -0.3 is 20.5 Å². The number of aliphatic imine (C=N–C) groups is 1. The van der Waals surface area contributed by atoms with Crippen molar-refractivity contribution in [2.75, 3.05) is 26.9 Å². The highest BCUT2D eigenvalue weighted by atomic mass is 32.2. The molecule has 3 N–H and O–H groups in total. The van der Waals surface area contributed by atoms with Crippen molar-refractivity contribution in [2.24, 2.45) is 10.7 Å². The average molecular weight is 383 g/mol. The molecule has 0 aliphatic rings. The largest absolute Gasteiger partial charge is 0.501 e. The maximum absolute atomic E-state index is 12.4. The summed E-state index contributed by atoms with van der Waals surface area (Å²) >= 11 is 0. The molecule has 0 aliphatic heterocycles. The summed E-state index contributed by atoms with van der Waals surface area (Å²) in [6.45, 7) is 2.65. The molecule has 1 unspecified atom stereocenters. The standard InChI is InChI=1S/C14H20F3N3O4S/c1-10(9-23-2)20-13(18)19-7-8-24-11-3-5-12(6-4-11)25(21,22)14(15,16)17/h3-6,10H,7-9H2,1-2H3,(H3,18,19,20). The second-order valence-corrected chi connectivity index (χ2v) is 6.98. The molecule has 0 saturated heterocycles. The van der Waals surface area contributed by atoms with Crippen molar-refractivity contribution < 1.29 is 31.1 Å². The molecule has 11 heteroatoms. The van der Waals surface area contributed by atoms with Crippen molar-refractivity contribution in [2.45, 2.75) is 23.4 Å². The lowest BCUT2D eigenvalue weighted by atomic mass is 10.3. The molecule has 0 saturated carbocycles. The highest BCUT2D eigenvalue weighted by Gasteiger charge is 2.46. The molecule has 0 amide bonds. The van der Waals surface area contributed by atoms with Crippen molar-refractivity contribution in [1.82, 2.24) is 5.32 Å². The number of rotatable bonds is 8. The summed E-state index contributed by atoms with van der Waals surface area (Å²) in [5, 5.41) is 2.89.